The van der Waals surface area contributed by atoms with Crippen molar-refractivity contribution in [2.45, 2.75) is 13.1 Å². The molecule has 7 heteroatoms. The molecular weight excluding hydrogens is 269 g/mol. The first kappa shape index (κ1) is 13.8. The van der Waals surface area contributed by atoms with Gasteiger partial charge in [0.15, 0.2) is 0 Å². The molecule has 0 bridgehead atoms. The van der Waals surface area contributed by atoms with Crippen molar-refractivity contribution in [3.8, 4) is 6.07 Å². The fraction of sp³-hybridized carbons (Fsp3) is 0.154. The van der Waals surface area contributed by atoms with E-state index in [4.69, 9.17) is 5.26 Å². The Labute approximate surface area is 112 Å². The van der Waals surface area contributed by atoms with Gasteiger partial charge < -0.3 is 5.32 Å². The second kappa shape index (κ2) is 5.17. The zero-order valence-electron chi connectivity index (χ0n) is 10.4. The van der Waals surface area contributed by atoms with Crippen LogP contribution >= 0.6 is 0 Å². The Bertz CT molecular complexity index is 674. The summed E-state index contributed by atoms with van der Waals surface area (Å²) >= 11 is 0. The number of halogens is 3. The lowest BCUT2D eigenvalue weighted by molar-refractivity contribution is -0.137. The van der Waals surface area contributed by atoms with Gasteiger partial charge >= 0.3 is 6.18 Å². The number of nitrogens with zero attached hydrogens (tertiary/aromatic N) is 3. The summed E-state index contributed by atoms with van der Waals surface area (Å²) in [6.07, 6.45) is -3.06. The predicted molar refractivity (Wildman–Crippen MR) is 66.2 cm³/mol. The second-order valence-corrected chi connectivity index (χ2v) is 4.03. The van der Waals surface area contributed by atoms with Crippen molar-refractivity contribution in [1.82, 2.24) is 9.97 Å². The molecule has 0 radical (unpaired) electrons. The summed E-state index contributed by atoms with van der Waals surface area (Å²) in [6, 6.07) is 6.59. The number of alkyl halides is 3. The Morgan fingerprint density at radius 3 is 2.65 bits per heavy atom. The maximum Gasteiger partial charge on any atom is 0.416 e. The van der Waals surface area contributed by atoms with E-state index in [0.717, 1.165) is 12.1 Å². The molecule has 0 spiro atoms. The number of hydrogen-bond donors (Lipinski definition) is 1. The van der Waals surface area contributed by atoms with E-state index in [2.05, 4.69) is 15.3 Å². The van der Waals surface area contributed by atoms with Crippen LogP contribution in [0.1, 0.15) is 16.8 Å². The van der Waals surface area contributed by atoms with Gasteiger partial charge in [-0.05, 0) is 30.7 Å². The lowest BCUT2D eigenvalue weighted by Gasteiger charge is -2.12. The minimum atomic E-state index is -4.42. The van der Waals surface area contributed by atoms with Crippen molar-refractivity contribution in [2.24, 2.45) is 0 Å². The molecule has 1 heterocycles. The van der Waals surface area contributed by atoms with Crippen LogP contribution in [0.4, 0.5) is 24.8 Å². The Morgan fingerprint density at radius 1 is 1.25 bits per heavy atom. The van der Waals surface area contributed by atoms with Crippen LogP contribution in [0.15, 0.2) is 30.5 Å². The molecule has 0 amide bonds. The highest BCUT2D eigenvalue weighted by Gasteiger charge is 2.30. The third-order valence-corrected chi connectivity index (χ3v) is 2.58. The molecule has 0 unspecified atom stereocenters. The Kier molecular flexibility index (Phi) is 3.57. The number of rotatable bonds is 2. The average molecular weight is 278 g/mol. The first-order chi connectivity index (χ1) is 9.40. The van der Waals surface area contributed by atoms with Crippen LogP contribution in [-0.4, -0.2) is 9.97 Å². The summed E-state index contributed by atoms with van der Waals surface area (Å²) in [7, 11) is 0. The molecule has 0 aliphatic rings. The van der Waals surface area contributed by atoms with Gasteiger partial charge in [0, 0.05) is 11.9 Å². The van der Waals surface area contributed by atoms with Crippen molar-refractivity contribution >= 4 is 11.6 Å². The maximum absolute atomic E-state index is 12.7. The van der Waals surface area contributed by atoms with E-state index >= 15 is 0 Å². The van der Waals surface area contributed by atoms with Crippen LogP contribution in [0, 0.1) is 18.3 Å². The Hall–Kier alpha value is -2.62. The van der Waals surface area contributed by atoms with E-state index in [1.54, 1.807) is 6.92 Å². The quantitative estimate of drug-likeness (QED) is 0.914. The molecule has 2 aromatic rings. The van der Waals surface area contributed by atoms with Crippen LogP contribution in [-0.2, 0) is 6.18 Å². The van der Waals surface area contributed by atoms with Crippen molar-refractivity contribution in [1.29, 1.82) is 5.26 Å². The summed E-state index contributed by atoms with van der Waals surface area (Å²) in [6.45, 7) is 1.66. The van der Waals surface area contributed by atoms with Crippen molar-refractivity contribution in [3.05, 3.63) is 47.3 Å². The van der Waals surface area contributed by atoms with Gasteiger partial charge in [-0.2, -0.15) is 18.4 Å². The van der Waals surface area contributed by atoms with Crippen molar-refractivity contribution < 1.29 is 13.2 Å². The third-order valence-electron chi connectivity index (χ3n) is 2.58. The molecule has 0 aliphatic heterocycles. The standard InChI is InChI=1S/C13H9F3N4/c1-8-2-3-9(13(14,15)16)6-11(8)20-12-18-5-4-10(7-17)19-12/h2-6H,1H3,(H,18,19,20). The largest absolute Gasteiger partial charge is 0.416 e. The first-order valence-electron chi connectivity index (χ1n) is 5.58. The topological polar surface area (TPSA) is 61.6 Å². The molecule has 20 heavy (non-hydrogen) atoms. The van der Waals surface area contributed by atoms with Gasteiger partial charge in [-0.25, -0.2) is 9.97 Å². The third kappa shape index (κ3) is 3.03. The van der Waals surface area contributed by atoms with Crippen LogP contribution in [0.2, 0.25) is 0 Å². The first-order valence-corrected chi connectivity index (χ1v) is 5.58. The smallest absolute Gasteiger partial charge is 0.324 e. The number of aryl methyl sites for hydroxylation is 1. The summed E-state index contributed by atoms with van der Waals surface area (Å²) in [5, 5.41) is 11.4. The SMILES string of the molecule is Cc1ccc(C(F)(F)F)cc1Nc1nccc(C#N)n1. The van der Waals surface area contributed by atoms with Gasteiger partial charge in [0.25, 0.3) is 0 Å². The fourth-order valence-corrected chi connectivity index (χ4v) is 1.53. The van der Waals surface area contributed by atoms with Gasteiger partial charge in [0.2, 0.25) is 5.95 Å². The molecule has 1 aromatic heterocycles. The number of nitrogens with one attached hydrogen (secondary N) is 1. The van der Waals surface area contributed by atoms with E-state index in [-0.39, 0.29) is 17.3 Å². The molecular formula is C13H9F3N4. The molecule has 1 aromatic carbocycles. The molecule has 102 valence electrons. The van der Waals surface area contributed by atoms with E-state index in [9.17, 15) is 13.2 Å². The lowest BCUT2D eigenvalue weighted by Crippen LogP contribution is -2.07. The average Bonchev–Trinajstić information content (AvgIpc) is 2.40. The Balaban J connectivity index is 2.35. The number of nitriles is 1. The molecule has 0 saturated heterocycles. The number of aromatic nitrogens is 2. The maximum atomic E-state index is 12.7. The summed E-state index contributed by atoms with van der Waals surface area (Å²) in [5.41, 5.74) is 0.230. The van der Waals surface area contributed by atoms with Gasteiger partial charge in [-0.15, -0.1) is 0 Å². The highest BCUT2D eigenvalue weighted by Crippen LogP contribution is 2.32. The van der Waals surface area contributed by atoms with Crippen LogP contribution in [0.5, 0.6) is 0 Å². The van der Waals surface area contributed by atoms with Crippen LogP contribution in [0.3, 0.4) is 0 Å². The molecule has 1 N–H and O–H groups in total. The van der Waals surface area contributed by atoms with Gasteiger partial charge in [0.05, 0.1) is 5.56 Å². The van der Waals surface area contributed by atoms with Crippen molar-refractivity contribution in [3.63, 3.8) is 0 Å². The van der Waals surface area contributed by atoms with Gasteiger partial charge in [-0.3, -0.25) is 0 Å². The van der Waals surface area contributed by atoms with Crippen LogP contribution in [0.25, 0.3) is 0 Å². The highest BCUT2D eigenvalue weighted by molar-refractivity contribution is 5.59. The minimum Gasteiger partial charge on any atom is -0.324 e. The van der Waals surface area contributed by atoms with E-state index < -0.39 is 11.7 Å². The highest BCUT2D eigenvalue weighted by atomic mass is 19.4. The predicted octanol–water partition coefficient (Wildman–Crippen LogP) is 3.42. The molecule has 0 fully saturated rings. The van der Waals surface area contributed by atoms with E-state index in [0.29, 0.717) is 5.56 Å². The second-order valence-electron chi connectivity index (χ2n) is 4.03. The molecule has 0 saturated carbocycles. The van der Waals surface area contributed by atoms with Gasteiger partial charge in [0.1, 0.15) is 11.8 Å². The van der Waals surface area contributed by atoms with E-state index in [1.165, 1.54) is 18.3 Å². The zero-order valence-corrected chi connectivity index (χ0v) is 10.4. The molecule has 0 atom stereocenters. The lowest BCUT2D eigenvalue weighted by atomic mass is 10.1. The summed E-state index contributed by atoms with van der Waals surface area (Å²) in [5.74, 6) is 0.0754. The normalized spacial score (nSPS) is 10.9. The molecule has 2 rings (SSSR count). The minimum absolute atomic E-state index is 0.0754. The fourth-order valence-electron chi connectivity index (χ4n) is 1.53. The van der Waals surface area contributed by atoms with Crippen LogP contribution < -0.4 is 5.32 Å². The number of hydrogen-bond acceptors (Lipinski definition) is 4. The number of anilines is 2. The summed E-state index contributed by atoms with van der Waals surface area (Å²) in [4.78, 5) is 7.72. The Morgan fingerprint density at radius 2 is 2.00 bits per heavy atom. The zero-order chi connectivity index (χ0) is 14.8. The van der Waals surface area contributed by atoms with Gasteiger partial charge in [-0.1, -0.05) is 6.07 Å². The molecule has 0 aliphatic carbocycles. The number of benzene rings is 1. The summed E-state index contributed by atoms with van der Waals surface area (Å²) < 4.78 is 38.0. The molecule has 4 nitrogen and oxygen atoms in total. The monoisotopic (exact) mass is 278 g/mol. The van der Waals surface area contributed by atoms with E-state index in [1.807, 2.05) is 6.07 Å². The van der Waals surface area contributed by atoms with Crippen molar-refractivity contribution in [2.75, 3.05) is 5.32 Å².